The number of esters is 1. The van der Waals surface area contributed by atoms with Gasteiger partial charge < -0.3 is 14.7 Å². The number of carboxylic acid groups (broad SMARTS) is 1. The minimum Gasteiger partial charge on any atom is -0.481 e. The summed E-state index contributed by atoms with van der Waals surface area (Å²) >= 11 is 6.17. The lowest BCUT2D eigenvalue weighted by molar-refractivity contribution is -0.233. The number of nitrogens with zero attached hydrogens (tertiary/aromatic N) is 1. The van der Waals surface area contributed by atoms with Gasteiger partial charge in [-0.1, -0.05) is 72.2 Å². The molecule has 4 saturated carbocycles. The molecule has 1 aliphatic heterocycles. The SMILES string of the molecule is CC1=C(C23CC[C@]4(C)[C@H](CC[C@@H]5[C@@]6(C)CC[C@H](OC(=O)CC(C)(C)C(=O)O)C(C)(C)[C@@H]6CC[C@]54C)C2=C(C(C)C)C(=O)C3)N(C)C(CCc2ccc(Cl)cc2)C1=O. The van der Waals surface area contributed by atoms with Crippen LogP contribution in [0.3, 0.4) is 0 Å². The van der Waals surface area contributed by atoms with Gasteiger partial charge in [0, 0.05) is 40.6 Å². The second-order valence-corrected chi connectivity index (χ2v) is 22.0. The van der Waals surface area contributed by atoms with Crippen molar-refractivity contribution in [3.05, 3.63) is 57.3 Å². The fourth-order valence-electron chi connectivity index (χ4n) is 14.7. The summed E-state index contributed by atoms with van der Waals surface area (Å²) < 4.78 is 6.20. The molecule has 1 aromatic rings. The molecule has 57 heavy (non-hydrogen) atoms. The molecule has 1 aromatic carbocycles. The van der Waals surface area contributed by atoms with Crippen molar-refractivity contribution in [3.63, 3.8) is 0 Å². The first-order valence-electron chi connectivity index (χ1n) is 21.9. The number of aryl methyl sites for hydroxylation is 1. The molecule has 2 unspecified atom stereocenters. The summed E-state index contributed by atoms with van der Waals surface area (Å²) in [6.07, 6.45) is 9.48. The van der Waals surface area contributed by atoms with Crippen LogP contribution in [0, 0.1) is 56.2 Å². The van der Waals surface area contributed by atoms with Crippen LogP contribution in [-0.4, -0.2) is 52.7 Å². The van der Waals surface area contributed by atoms with Crippen LogP contribution in [0.25, 0.3) is 0 Å². The molecule has 9 atom stereocenters. The van der Waals surface area contributed by atoms with E-state index >= 15 is 0 Å². The number of ketones is 2. The molecule has 4 fully saturated rings. The van der Waals surface area contributed by atoms with Crippen molar-refractivity contribution in [2.75, 3.05) is 7.05 Å². The standard InChI is InChI=1S/C49H68ClNO6/c1-28(2)39-34(52)26-49(42-29(3)41(54)33(51(42)11)18-14-30-12-15-31(50)16-13-30)25-24-47(9)32(40(39)49)17-19-36-46(8)22-21-37(57-38(53)27-44(4,5)43(55)56)45(6,7)35(46)20-23-48(36,47)10/h12-13,15-16,28,32-33,35-37H,14,17-27H2,1-11H3,(H,55,56)/t32-,33?,35+,36-,37+,46+,47-,48-,49?/m1/s1. The van der Waals surface area contributed by atoms with Gasteiger partial charge >= 0.3 is 11.9 Å². The molecule has 0 aromatic heterocycles. The maximum absolute atomic E-state index is 14.5. The lowest BCUT2D eigenvalue weighted by atomic mass is 9.33. The fraction of sp³-hybridized carbons (Fsp3) is 0.714. The van der Waals surface area contributed by atoms with Crippen molar-refractivity contribution in [1.82, 2.24) is 4.90 Å². The highest BCUT2D eigenvalue weighted by Crippen LogP contribution is 2.77. The normalized spacial score (nSPS) is 37.6. The van der Waals surface area contributed by atoms with Crippen LogP contribution in [0.2, 0.25) is 5.02 Å². The van der Waals surface area contributed by atoms with Gasteiger partial charge in [0.25, 0.3) is 0 Å². The van der Waals surface area contributed by atoms with Gasteiger partial charge in [-0.15, -0.1) is 0 Å². The third kappa shape index (κ3) is 6.23. The largest absolute Gasteiger partial charge is 0.481 e. The molecule has 312 valence electrons. The molecule has 0 bridgehead atoms. The maximum atomic E-state index is 14.5. The van der Waals surface area contributed by atoms with Gasteiger partial charge in [0.15, 0.2) is 11.6 Å². The molecule has 0 saturated heterocycles. The first kappa shape index (κ1) is 42.2. The van der Waals surface area contributed by atoms with E-state index in [0.29, 0.717) is 23.3 Å². The summed E-state index contributed by atoms with van der Waals surface area (Å²) in [6, 6.07) is 7.68. The first-order valence-corrected chi connectivity index (χ1v) is 22.3. The highest BCUT2D eigenvalue weighted by Gasteiger charge is 2.71. The van der Waals surface area contributed by atoms with Gasteiger partial charge in [0.05, 0.1) is 17.9 Å². The fourth-order valence-corrected chi connectivity index (χ4v) is 14.8. The number of ether oxygens (including phenoxy) is 1. The Kier molecular flexibility index (Phi) is 10.4. The van der Waals surface area contributed by atoms with Gasteiger partial charge in [-0.05, 0) is 154 Å². The Hall–Kier alpha value is -2.93. The van der Waals surface area contributed by atoms with E-state index in [2.05, 4.69) is 60.4 Å². The second kappa shape index (κ2) is 14.1. The minimum absolute atomic E-state index is 0.0208. The molecular weight excluding hydrogens is 734 g/mol. The van der Waals surface area contributed by atoms with Crippen molar-refractivity contribution < 1.29 is 29.0 Å². The zero-order chi connectivity index (χ0) is 41.8. The topological polar surface area (TPSA) is 101 Å². The van der Waals surface area contributed by atoms with Gasteiger partial charge in [-0.3, -0.25) is 19.2 Å². The summed E-state index contributed by atoms with van der Waals surface area (Å²) in [4.78, 5) is 56.0. The van der Waals surface area contributed by atoms with E-state index in [1.807, 2.05) is 31.2 Å². The zero-order valence-corrected chi connectivity index (χ0v) is 37.3. The lowest BCUT2D eigenvalue weighted by Gasteiger charge is -2.72. The maximum Gasteiger partial charge on any atom is 0.309 e. The summed E-state index contributed by atoms with van der Waals surface area (Å²) in [6.45, 7) is 21.8. The number of rotatable bonds is 9. The van der Waals surface area contributed by atoms with Crippen LogP contribution in [0.15, 0.2) is 46.7 Å². The highest BCUT2D eigenvalue weighted by atomic mass is 35.5. The Labute approximate surface area is 346 Å². The molecule has 6 aliphatic rings. The van der Waals surface area contributed by atoms with Crippen LogP contribution in [0.4, 0.5) is 0 Å². The van der Waals surface area contributed by atoms with Crippen molar-refractivity contribution >= 4 is 35.1 Å². The van der Waals surface area contributed by atoms with Gasteiger partial charge in [-0.2, -0.15) is 0 Å². The zero-order valence-electron chi connectivity index (χ0n) is 36.6. The number of aliphatic carboxylic acids is 1. The Morgan fingerprint density at radius 2 is 1.60 bits per heavy atom. The Balaban J connectivity index is 1.19. The van der Waals surface area contributed by atoms with Crippen LogP contribution < -0.4 is 0 Å². The number of hydrogen-bond donors (Lipinski definition) is 1. The second-order valence-electron chi connectivity index (χ2n) is 21.6. The number of likely N-dealkylation sites (N-methyl/N-ethyl adjacent to an activating group) is 1. The summed E-state index contributed by atoms with van der Waals surface area (Å²) in [7, 11) is 2.11. The van der Waals surface area contributed by atoms with E-state index in [0.717, 1.165) is 81.1 Å². The molecule has 5 aliphatic carbocycles. The van der Waals surface area contributed by atoms with E-state index in [9.17, 15) is 24.3 Å². The van der Waals surface area contributed by atoms with Gasteiger partial charge in [0.2, 0.25) is 0 Å². The quantitative estimate of drug-likeness (QED) is 0.248. The average molecular weight is 803 g/mol. The predicted molar refractivity (Wildman–Crippen MR) is 224 cm³/mol. The van der Waals surface area contributed by atoms with Crippen LogP contribution in [0.1, 0.15) is 145 Å². The predicted octanol–water partition coefficient (Wildman–Crippen LogP) is 10.8. The number of carbonyl (C=O) groups is 4. The Morgan fingerprint density at radius 3 is 2.23 bits per heavy atom. The molecule has 1 heterocycles. The number of fused-ring (bicyclic) bond motifs is 7. The molecule has 0 spiro atoms. The van der Waals surface area contributed by atoms with E-state index in [-0.39, 0.29) is 63.6 Å². The molecule has 7 nitrogen and oxygen atoms in total. The molecule has 7 rings (SSSR count). The summed E-state index contributed by atoms with van der Waals surface area (Å²) in [5.41, 5.74) is 3.73. The average Bonchev–Trinajstić information content (AvgIpc) is 3.54. The monoisotopic (exact) mass is 801 g/mol. The van der Waals surface area contributed by atoms with Gasteiger partial charge in [-0.25, -0.2) is 0 Å². The number of carbonyl (C=O) groups excluding carboxylic acids is 3. The summed E-state index contributed by atoms with van der Waals surface area (Å²) in [5.74, 6) is 0.276. The number of halogens is 1. The molecule has 0 amide bonds. The number of carboxylic acids is 1. The van der Waals surface area contributed by atoms with Crippen molar-refractivity contribution in [2.45, 2.75) is 158 Å². The van der Waals surface area contributed by atoms with Crippen molar-refractivity contribution in [2.24, 2.45) is 56.2 Å². The van der Waals surface area contributed by atoms with Crippen molar-refractivity contribution in [1.29, 1.82) is 0 Å². The number of benzene rings is 1. The first-order chi connectivity index (χ1) is 26.5. The van der Waals surface area contributed by atoms with E-state index in [4.69, 9.17) is 16.3 Å². The lowest BCUT2D eigenvalue weighted by Crippen LogP contribution is -2.66. The van der Waals surface area contributed by atoms with Crippen LogP contribution in [-0.2, 0) is 30.3 Å². The van der Waals surface area contributed by atoms with E-state index in [1.165, 1.54) is 11.1 Å². The summed E-state index contributed by atoms with van der Waals surface area (Å²) in [5, 5.41) is 10.4. The smallest absolute Gasteiger partial charge is 0.309 e. The van der Waals surface area contributed by atoms with E-state index < -0.39 is 22.8 Å². The van der Waals surface area contributed by atoms with Crippen molar-refractivity contribution in [3.8, 4) is 0 Å². The number of allylic oxidation sites excluding steroid dienone is 2. The molecule has 1 N–H and O–H groups in total. The molecular formula is C49H68ClNO6. The Bertz CT molecular complexity index is 1920. The Morgan fingerprint density at radius 1 is 0.930 bits per heavy atom. The third-order valence-electron chi connectivity index (χ3n) is 17.7. The van der Waals surface area contributed by atoms with Gasteiger partial charge in [0.1, 0.15) is 6.10 Å². The highest BCUT2D eigenvalue weighted by molar-refractivity contribution is 6.30. The third-order valence-corrected chi connectivity index (χ3v) is 18.0. The number of Topliss-reactive ketones (excluding diaryl/α,β-unsaturated/α-hetero) is 2. The van der Waals surface area contributed by atoms with Crippen LogP contribution >= 0.6 is 11.6 Å². The minimum atomic E-state index is -1.17. The molecule has 0 radical (unpaired) electrons. The molecule has 8 heteroatoms. The van der Waals surface area contributed by atoms with E-state index in [1.54, 1.807) is 13.8 Å². The van der Waals surface area contributed by atoms with Crippen LogP contribution in [0.5, 0.6) is 0 Å². The number of hydrogen-bond acceptors (Lipinski definition) is 6.